The summed E-state index contributed by atoms with van der Waals surface area (Å²) in [5, 5.41) is 0.921. The molecular formula is C15H20N4S. The predicted octanol–water partition coefficient (Wildman–Crippen LogP) is 3.48. The number of aryl methyl sites for hydroxylation is 3. The number of anilines is 1. The van der Waals surface area contributed by atoms with Gasteiger partial charge < -0.3 is 5.43 Å². The molecule has 0 saturated carbocycles. The van der Waals surface area contributed by atoms with Crippen LogP contribution in [0.3, 0.4) is 0 Å². The van der Waals surface area contributed by atoms with Gasteiger partial charge in [0, 0.05) is 17.4 Å². The maximum absolute atomic E-state index is 5.48. The van der Waals surface area contributed by atoms with Gasteiger partial charge in [-0.2, -0.15) is 0 Å². The van der Waals surface area contributed by atoms with Crippen LogP contribution in [0.4, 0.5) is 5.82 Å². The molecule has 5 heteroatoms. The summed E-state index contributed by atoms with van der Waals surface area (Å²) in [5.74, 6) is 6.97. The van der Waals surface area contributed by atoms with Crippen LogP contribution < -0.4 is 11.3 Å². The lowest BCUT2D eigenvalue weighted by Crippen LogP contribution is -2.10. The monoisotopic (exact) mass is 288 g/mol. The Bertz CT molecular complexity index is 598. The van der Waals surface area contributed by atoms with Crippen molar-refractivity contribution in [3.05, 3.63) is 41.2 Å². The minimum Gasteiger partial charge on any atom is -0.308 e. The number of nitrogens with two attached hydrogens (primary N) is 1. The van der Waals surface area contributed by atoms with E-state index in [0.717, 1.165) is 23.7 Å². The first-order valence-electron chi connectivity index (χ1n) is 6.72. The molecular weight excluding hydrogens is 268 g/mol. The predicted molar refractivity (Wildman–Crippen MR) is 83.9 cm³/mol. The van der Waals surface area contributed by atoms with Crippen molar-refractivity contribution in [2.45, 2.75) is 43.5 Å². The standard InChI is InChI=1S/C15H20N4S/c1-4-5-13-17-14(19-16)9-15(18-13)20-12-8-10(2)6-7-11(12)3/h6-9H,4-5,16H2,1-3H3,(H,17,18,19). The Balaban J connectivity index is 2.32. The van der Waals surface area contributed by atoms with Gasteiger partial charge in [-0.1, -0.05) is 30.8 Å². The number of aromatic nitrogens is 2. The first-order chi connectivity index (χ1) is 9.62. The number of hydrogen-bond acceptors (Lipinski definition) is 5. The van der Waals surface area contributed by atoms with Crippen LogP contribution in [0, 0.1) is 13.8 Å². The second kappa shape index (κ2) is 6.72. The molecule has 0 saturated heterocycles. The number of hydrogen-bond donors (Lipinski definition) is 2. The van der Waals surface area contributed by atoms with Gasteiger partial charge in [0.05, 0.1) is 0 Å². The number of hydrazine groups is 1. The molecule has 4 nitrogen and oxygen atoms in total. The second-order valence-corrected chi connectivity index (χ2v) is 5.84. The molecule has 1 aromatic carbocycles. The highest BCUT2D eigenvalue weighted by Crippen LogP contribution is 2.30. The molecule has 0 atom stereocenters. The Kier molecular flexibility index (Phi) is 4.98. The third-order valence-corrected chi connectivity index (χ3v) is 4.01. The van der Waals surface area contributed by atoms with Crippen LogP contribution in [0.5, 0.6) is 0 Å². The molecule has 20 heavy (non-hydrogen) atoms. The molecule has 0 radical (unpaired) electrons. The largest absolute Gasteiger partial charge is 0.308 e. The van der Waals surface area contributed by atoms with E-state index >= 15 is 0 Å². The zero-order valence-electron chi connectivity index (χ0n) is 12.1. The average molecular weight is 288 g/mol. The lowest BCUT2D eigenvalue weighted by Gasteiger charge is -2.09. The molecule has 0 unspecified atom stereocenters. The van der Waals surface area contributed by atoms with Crippen molar-refractivity contribution in [2.24, 2.45) is 5.84 Å². The quantitative estimate of drug-likeness (QED) is 0.501. The molecule has 2 rings (SSSR count). The van der Waals surface area contributed by atoms with E-state index < -0.39 is 0 Å². The van der Waals surface area contributed by atoms with Gasteiger partial charge in [-0.3, -0.25) is 0 Å². The van der Waals surface area contributed by atoms with E-state index in [9.17, 15) is 0 Å². The number of nitrogens with one attached hydrogen (secondary N) is 1. The Morgan fingerprint density at radius 1 is 1.20 bits per heavy atom. The molecule has 1 aromatic heterocycles. The highest BCUT2D eigenvalue weighted by molar-refractivity contribution is 7.99. The normalized spacial score (nSPS) is 10.6. The van der Waals surface area contributed by atoms with E-state index in [1.54, 1.807) is 11.8 Å². The summed E-state index contributed by atoms with van der Waals surface area (Å²) < 4.78 is 0. The van der Waals surface area contributed by atoms with Crippen molar-refractivity contribution in [1.29, 1.82) is 0 Å². The molecule has 0 amide bonds. The summed E-state index contributed by atoms with van der Waals surface area (Å²) in [5.41, 5.74) is 5.11. The van der Waals surface area contributed by atoms with Gasteiger partial charge in [0.25, 0.3) is 0 Å². The van der Waals surface area contributed by atoms with E-state index in [1.807, 2.05) is 6.07 Å². The summed E-state index contributed by atoms with van der Waals surface area (Å²) >= 11 is 1.65. The van der Waals surface area contributed by atoms with Gasteiger partial charge >= 0.3 is 0 Å². The number of benzene rings is 1. The fourth-order valence-corrected chi connectivity index (χ4v) is 2.89. The van der Waals surface area contributed by atoms with Gasteiger partial charge in [0.1, 0.15) is 16.7 Å². The molecule has 0 aliphatic carbocycles. The van der Waals surface area contributed by atoms with Crippen LogP contribution in [-0.2, 0) is 6.42 Å². The lowest BCUT2D eigenvalue weighted by atomic mass is 10.2. The van der Waals surface area contributed by atoms with Crippen LogP contribution in [-0.4, -0.2) is 9.97 Å². The summed E-state index contributed by atoms with van der Waals surface area (Å²) in [4.78, 5) is 10.2. The maximum Gasteiger partial charge on any atom is 0.144 e. The van der Waals surface area contributed by atoms with Crippen molar-refractivity contribution >= 4 is 17.6 Å². The second-order valence-electron chi connectivity index (χ2n) is 4.77. The summed E-state index contributed by atoms with van der Waals surface area (Å²) in [6.45, 7) is 6.32. The van der Waals surface area contributed by atoms with Crippen LogP contribution in [0.2, 0.25) is 0 Å². The molecule has 2 aromatic rings. The van der Waals surface area contributed by atoms with Gasteiger partial charge in [-0.05, 0) is 37.5 Å². The van der Waals surface area contributed by atoms with Crippen molar-refractivity contribution in [3.63, 3.8) is 0 Å². The van der Waals surface area contributed by atoms with E-state index in [0.29, 0.717) is 5.82 Å². The first-order valence-corrected chi connectivity index (χ1v) is 7.53. The molecule has 0 aliphatic rings. The van der Waals surface area contributed by atoms with E-state index in [2.05, 4.69) is 54.4 Å². The third-order valence-electron chi connectivity index (χ3n) is 2.93. The van der Waals surface area contributed by atoms with Crippen LogP contribution in [0.15, 0.2) is 34.2 Å². The van der Waals surface area contributed by atoms with Gasteiger partial charge in [0.2, 0.25) is 0 Å². The Morgan fingerprint density at radius 2 is 2.00 bits per heavy atom. The van der Waals surface area contributed by atoms with Gasteiger partial charge in [-0.15, -0.1) is 0 Å². The Hall–Kier alpha value is -1.59. The SMILES string of the molecule is CCCc1nc(NN)cc(Sc2cc(C)ccc2C)n1. The van der Waals surface area contributed by atoms with Crippen molar-refractivity contribution in [2.75, 3.05) is 5.43 Å². The number of rotatable bonds is 5. The first kappa shape index (κ1) is 14.8. The van der Waals surface area contributed by atoms with E-state index in [1.165, 1.54) is 16.0 Å². The van der Waals surface area contributed by atoms with E-state index in [-0.39, 0.29) is 0 Å². The van der Waals surface area contributed by atoms with Crippen molar-refractivity contribution in [3.8, 4) is 0 Å². The molecule has 0 aliphatic heterocycles. The topological polar surface area (TPSA) is 63.8 Å². The lowest BCUT2D eigenvalue weighted by molar-refractivity contribution is 0.810. The van der Waals surface area contributed by atoms with Crippen molar-refractivity contribution < 1.29 is 0 Å². The van der Waals surface area contributed by atoms with Gasteiger partial charge in [-0.25, -0.2) is 15.8 Å². The summed E-state index contributed by atoms with van der Waals surface area (Å²) in [7, 11) is 0. The van der Waals surface area contributed by atoms with Gasteiger partial charge in [0.15, 0.2) is 0 Å². The maximum atomic E-state index is 5.48. The van der Waals surface area contributed by atoms with Crippen LogP contribution in [0.1, 0.15) is 30.3 Å². The average Bonchev–Trinajstić information content (AvgIpc) is 2.43. The minimum atomic E-state index is 0.663. The third kappa shape index (κ3) is 3.71. The molecule has 0 spiro atoms. The van der Waals surface area contributed by atoms with Crippen LogP contribution >= 0.6 is 11.8 Å². The van der Waals surface area contributed by atoms with E-state index in [4.69, 9.17) is 5.84 Å². The molecule has 3 N–H and O–H groups in total. The highest BCUT2D eigenvalue weighted by atomic mass is 32.2. The molecule has 0 bridgehead atoms. The number of nitrogen functional groups attached to an aromatic ring is 1. The number of nitrogens with zero attached hydrogens (tertiary/aromatic N) is 2. The summed E-state index contributed by atoms with van der Waals surface area (Å²) in [6.07, 6.45) is 1.87. The zero-order valence-corrected chi connectivity index (χ0v) is 12.9. The fourth-order valence-electron chi connectivity index (χ4n) is 1.86. The van der Waals surface area contributed by atoms with Crippen LogP contribution in [0.25, 0.3) is 0 Å². The summed E-state index contributed by atoms with van der Waals surface area (Å²) in [6, 6.07) is 8.31. The Labute approximate surface area is 124 Å². The smallest absolute Gasteiger partial charge is 0.144 e. The fraction of sp³-hybridized carbons (Fsp3) is 0.333. The molecule has 106 valence electrons. The Morgan fingerprint density at radius 3 is 2.70 bits per heavy atom. The minimum absolute atomic E-state index is 0.663. The molecule has 0 fully saturated rings. The molecule has 1 heterocycles. The highest BCUT2D eigenvalue weighted by Gasteiger charge is 2.07. The van der Waals surface area contributed by atoms with Crippen molar-refractivity contribution in [1.82, 2.24) is 9.97 Å². The zero-order chi connectivity index (χ0) is 14.5.